The van der Waals surface area contributed by atoms with Gasteiger partial charge in [-0.1, -0.05) is 6.07 Å². The second-order valence-corrected chi connectivity index (χ2v) is 7.34. The molecule has 2 aromatic rings. The minimum absolute atomic E-state index is 0.264. The summed E-state index contributed by atoms with van der Waals surface area (Å²) < 4.78 is 27.2. The average Bonchev–Trinajstić information content (AvgIpc) is 2.91. The van der Waals surface area contributed by atoms with Gasteiger partial charge >= 0.3 is 0 Å². The van der Waals surface area contributed by atoms with Crippen molar-refractivity contribution >= 4 is 43.2 Å². The minimum Gasteiger partial charge on any atom is -0.353 e. The van der Waals surface area contributed by atoms with E-state index in [4.69, 9.17) is 0 Å². The van der Waals surface area contributed by atoms with E-state index in [1.807, 2.05) is 0 Å². The summed E-state index contributed by atoms with van der Waals surface area (Å²) in [7, 11) is -3.40. The van der Waals surface area contributed by atoms with E-state index < -0.39 is 10.0 Å². The van der Waals surface area contributed by atoms with E-state index in [1.54, 1.807) is 29.9 Å². The molecular formula is C10H11BrN4O2S2. The van der Waals surface area contributed by atoms with E-state index in [2.05, 4.69) is 35.9 Å². The Kier molecular flexibility index (Phi) is 4.86. The average molecular weight is 363 g/mol. The molecule has 0 saturated carbocycles. The van der Waals surface area contributed by atoms with Gasteiger partial charge in [0.2, 0.25) is 16.0 Å². The number of sulfonamides is 1. The molecule has 0 aliphatic heterocycles. The van der Waals surface area contributed by atoms with E-state index in [0.717, 1.165) is 4.47 Å². The van der Waals surface area contributed by atoms with Gasteiger partial charge < -0.3 is 5.32 Å². The van der Waals surface area contributed by atoms with Crippen molar-refractivity contribution in [2.75, 3.05) is 18.4 Å². The molecule has 0 unspecified atom stereocenters. The molecule has 0 radical (unpaired) electrons. The zero-order chi connectivity index (χ0) is 13.7. The molecule has 2 heterocycles. The Morgan fingerprint density at radius 3 is 2.63 bits per heavy atom. The summed E-state index contributed by atoms with van der Waals surface area (Å²) in [5.41, 5.74) is 0. The Labute approximate surface area is 123 Å². The second kappa shape index (κ2) is 6.42. The molecule has 6 nitrogen and oxygen atoms in total. The molecule has 0 bridgehead atoms. The summed E-state index contributed by atoms with van der Waals surface area (Å²) in [6.45, 7) is 0.673. The fourth-order valence-electron chi connectivity index (χ4n) is 1.25. The SMILES string of the molecule is O=S(=O)(NCCNc1ncc(Br)cn1)c1cccs1. The molecule has 9 heteroatoms. The Bertz CT molecular complexity index is 613. The van der Waals surface area contributed by atoms with Gasteiger partial charge in [-0.25, -0.2) is 23.1 Å². The number of hydrogen-bond donors (Lipinski definition) is 2. The van der Waals surface area contributed by atoms with Crippen molar-refractivity contribution in [3.8, 4) is 0 Å². The Hall–Kier alpha value is -1.03. The van der Waals surface area contributed by atoms with Crippen LogP contribution in [-0.4, -0.2) is 31.5 Å². The predicted molar refractivity (Wildman–Crippen MR) is 77.7 cm³/mol. The Morgan fingerprint density at radius 2 is 2.00 bits per heavy atom. The van der Waals surface area contributed by atoms with E-state index >= 15 is 0 Å². The van der Waals surface area contributed by atoms with Crippen LogP contribution in [-0.2, 0) is 10.0 Å². The van der Waals surface area contributed by atoms with Crippen molar-refractivity contribution in [2.24, 2.45) is 0 Å². The fourth-order valence-corrected chi connectivity index (χ4v) is 3.52. The van der Waals surface area contributed by atoms with Gasteiger partial charge in [-0.3, -0.25) is 0 Å². The smallest absolute Gasteiger partial charge is 0.250 e. The van der Waals surface area contributed by atoms with Gasteiger partial charge in [0, 0.05) is 25.5 Å². The highest BCUT2D eigenvalue weighted by Crippen LogP contribution is 2.14. The summed E-state index contributed by atoms with van der Waals surface area (Å²) in [5, 5.41) is 4.65. The third-order valence-corrected chi connectivity index (χ3v) is 5.35. The topological polar surface area (TPSA) is 84.0 Å². The predicted octanol–water partition coefficient (Wildman–Crippen LogP) is 1.69. The molecule has 2 aromatic heterocycles. The lowest BCUT2D eigenvalue weighted by molar-refractivity contribution is 0.585. The van der Waals surface area contributed by atoms with Gasteiger partial charge in [0.05, 0.1) is 4.47 Å². The van der Waals surface area contributed by atoms with Crippen LogP contribution in [0.4, 0.5) is 5.95 Å². The molecule has 0 amide bonds. The number of nitrogens with one attached hydrogen (secondary N) is 2. The monoisotopic (exact) mass is 362 g/mol. The molecule has 2 N–H and O–H groups in total. The molecule has 19 heavy (non-hydrogen) atoms. The van der Waals surface area contributed by atoms with Crippen LogP contribution in [0.1, 0.15) is 0 Å². The zero-order valence-electron chi connectivity index (χ0n) is 9.71. The van der Waals surface area contributed by atoms with Crippen molar-refractivity contribution < 1.29 is 8.42 Å². The quantitative estimate of drug-likeness (QED) is 0.763. The number of thiophene rings is 1. The normalized spacial score (nSPS) is 11.4. The number of rotatable bonds is 6. The summed E-state index contributed by atoms with van der Waals surface area (Å²) in [4.78, 5) is 8.04. The largest absolute Gasteiger partial charge is 0.353 e. The van der Waals surface area contributed by atoms with Crippen molar-refractivity contribution in [3.05, 3.63) is 34.4 Å². The first-order valence-electron chi connectivity index (χ1n) is 5.32. The van der Waals surface area contributed by atoms with E-state index in [-0.39, 0.29) is 6.54 Å². The maximum Gasteiger partial charge on any atom is 0.250 e. The maximum absolute atomic E-state index is 11.8. The van der Waals surface area contributed by atoms with Crippen LogP contribution < -0.4 is 10.0 Å². The van der Waals surface area contributed by atoms with Gasteiger partial charge in [-0.05, 0) is 27.4 Å². The first-order chi connectivity index (χ1) is 9.08. The van der Waals surface area contributed by atoms with E-state index in [1.165, 1.54) is 11.3 Å². The molecule has 0 aliphatic carbocycles. The van der Waals surface area contributed by atoms with E-state index in [0.29, 0.717) is 16.7 Å². The maximum atomic E-state index is 11.8. The number of anilines is 1. The number of hydrogen-bond acceptors (Lipinski definition) is 6. The van der Waals surface area contributed by atoms with Gasteiger partial charge in [0.25, 0.3) is 0 Å². The van der Waals surface area contributed by atoms with E-state index in [9.17, 15) is 8.42 Å². The van der Waals surface area contributed by atoms with Crippen LogP contribution in [0.15, 0.2) is 38.6 Å². The lowest BCUT2D eigenvalue weighted by atomic mass is 10.6. The van der Waals surface area contributed by atoms with Crippen molar-refractivity contribution in [3.63, 3.8) is 0 Å². The third kappa shape index (κ3) is 4.23. The highest BCUT2D eigenvalue weighted by Gasteiger charge is 2.13. The number of nitrogens with zero attached hydrogens (tertiary/aromatic N) is 2. The van der Waals surface area contributed by atoms with Crippen molar-refractivity contribution in [2.45, 2.75) is 4.21 Å². The number of halogens is 1. The molecule has 2 rings (SSSR count). The summed E-state index contributed by atoms with van der Waals surface area (Å²) in [6.07, 6.45) is 3.23. The molecule has 0 fully saturated rings. The molecule has 0 aliphatic rings. The van der Waals surface area contributed by atoms with Crippen LogP contribution in [0, 0.1) is 0 Å². The van der Waals surface area contributed by atoms with Crippen LogP contribution in [0.25, 0.3) is 0 Å². The third-order valence-electron chi connectivity index (χ3n) is 2.08. The lowest BCUT2D eigenvalue weighted by Crippen LogP contribution is -2.28. The van der Waals surface area contributed by atoms with Crippen LogP contribution in [0.5, 0.6) is 0 Å². The number of aromatic nitrogens is 2. The molecule has 0 aromatic carbocycles. The first-order valence-corrected chi connectivity index (χ1v) is 8.48. The van der Waals surface area contributed by atoms with Crippen LogP contribution >= 0.6 is 27.3 Å². The highest BCUT2D eigenvalue weighted by atomic mass is 79.9. The second-order valence-electron chi connectivity index (χ2n) is 3.48. The molecule has 0 atom stereocenters. The summed E-state index contributed by atoms with van der Waals surface area (Å²) in [5.74, 6) is 0.457. The zero-order valence-corrected chi connectivity index (χ0v) is 12.9. The fraction of sp³-hybridized carbons (Fsp3) is 0.200. The first kappa shape index (κ1) is 14.4. The minimum atomic E-state index is -3.40. The van der Waals surface area contributed by atoms with Crippen molar-refractivity contribution in [1.82, 2.24) is 14.7 Å². The van der Waals surface area contributed by atoms with Gasteiger partial charge in [0.15, 0.2) is 0 Å². The van der Waals surface area contributed by atoms with Gasteiger partial charge in [-0.2, -0.15) is 0 Å². The van der Waals surface area contributed by atoms with Crippen LogP contribution in [0.2, 0.25) is 0 Å². The summed E-state index contributed by atoms with van der Waals surface area (Å²) in [6, 6.07) is 3.27. The van der Waals surface area contributed by atoms with Gasteiger partial charge in [-0.15, -0.1) is 11.3 Å². The van der Waals surface area contributed by atoms with Crippen LogP contribution in [0.3, 0.4) is 0 Å². The molecule has 0 spiro atoms. The standard InChI is InChI=1S/C10H11BrN4O2S2/c11-8-6-13-10(14-7-8)12-3-4-15-19(16,17)9-2-1-5-18-9/h1-2,5-7,15H,3-4H2,(H,12,13,14). The molecular weight excluding hydrogens is 352 g/mol. The highest BCUT2D eigenvalue weighted by molar-refractivity contribution is 9.10. The van der Waals surface area contributed by atoms with Crippen molar-refractivity contribution in [1.29, 1.82) is 0 Å². The van der Waals surface area contributed by atoms with Gasteiger partial charge in [0.1, 0.15) is 4.21 Å². The summed E-state index contributed by atoms with van der Waals surface area (Å²) >= 11 is 4.42. The molecule has 0 saturated heterocycles. The lowest BCUT2D eigenvalue weighted by Gasteiger charge is -2.06. The molecule has 102 valence electrons. The Morgan fingerprint density at radius 1 is 1.26 bits per heavy atom. The Balaban J connectivity index is 1.80.